The summed E-state index contributed by atoms with van der Waals surface area (Å²) in [5, 5.41) is 3.75. The third-order valence-electron chi connectivity index (χ3n) is 5.03. The number of ether oxygens (including phenoxy) is 1. The Balaban J connectivity index is 1.48. The number of hydrogen-bond acceptors (Lipinski definition) is 6. The maximum absolute atomic E-state index is 12.5. The van der Waals surface area contributed by atoms with Crippen molar-refractivity contribution >= 4 is 40.2 Å². The number of rotatable bonds is 6. The quantitative estimate of drug-likeness (QED) is 0.597. The molecule has 156 valence electrons. The molecule has 4 rings (SSSR count). The highest BCUT2D eigenvalue weighted by Gasteiger charge is 2.19. The first-order valence-electron chi connectivity index (χ1n) is 10.2. The molecule has 1 N–H and O–H groups in total. The van der Waals surface area contributed by atoms with E-state index in [-0.39, 0.29) is 11.7 Å². The van der Waals surface area contributed by atoms with Gasteiger partial charge in [-0.05, 0) is 35.7 Å². The number of carbonyl (C=O) groups excluding carboxylic acids is 1. The molecule has 3 aromatic rings. The number of nitrogens with one attached hydrogen (secondary N) is 1. The lowest BCUT2D eigenvalue weighted by Gasteiger charge is -2.29. The zero-order valence-electron chi connectivity index (χ0n) is 17.3. The van der Waals surface area contributed by atoms with E-state index in [0.717, 1.165) is 40.7 Å². The molecule has 30 heavy (non-hydrogen) atoms. The number of benzene rings is 2. The van der Waals surface area contributed by atoms with Crippen LogP contribution in [-0.2, 0) is 9.53 Å². The van der Waals surface area contributed by atoms with Crippen LogP contribution in [0, 0.1) is 0 Å². The molecule has 2 aromatic carbocycles. The molecule has 0 radical (unpaired) electrons. The first-order valence-corrected chi connectivity index (χ1v) is 11.2. The summed E-state index contributed by atoms with van der Waals surface area (Å²) in [4.78, 5) is 24.4. The van der Waals surface area contributed by atoms with Crippen LogP contribution in [-0.4, -0.2) is 47.9 Å². The molecule has 0 spiro atoms. The molecule has 2 heterocycles. The van der Waals surface area contributed by atoms with Crippen LogP contribution in [0.1, 0.15) is 25.3 Å². The number of aromatic nitrogens is 2. The summed E-state index contributed by atoms with van der Waals surface area (Å²) in [7, 11) is 0. The molecule has 0 unspecified atom stereocenters. The Morgan fingerprint density at radius 2 is 1.73 bits per heavy atom. The van der Waals surface area contributed by atoms with Crippen LogP contribution in [0.5, 0.6) is 0 Å². The van der Waals surface area contributed by atoms with Crippen molar-refractivity contribution in [2.24, 2.45) is 0 Å². The second-order valence-electron chi connectivity index (χ2n) is 7.55. The second-order valence-corrected chi connectivity index (χ2v) is 8.52. The van der Waals surface area contributed by atoms with E-state index >= 15 is 0 Å². The van der Waals surface area contributed by atoms with Crippen LogP contribution < -0.4 is 10.2 Å². The Bertz CT molecular complexity index is 1020. The molecule has 0 bridgehead atoms. The summed E-state index contributed by atoms with van der Waals surface area (Å²) in [5.74, 6) is 1.52. The van der Waals surface area contributed by atoms with Gasteiger partial charge in [-0.25, -0.2) is 9.97 Å². The Labute approximate surface area is 181 Å². The molecule has 1 fully saturated rings. The monoisotopic (exact) mass is 422 g/mol. The van der Waals surface area contributed by atoms with Gasteiger partial charge in [0.1, 0.15) is 5.03 Å². The molecule has 0 atom stereocenters. The number of carbonyl (C=O) groups is 1. The molecule has 1 aromatic heterocycles. The third kappa shape index (κ3) is 4.91. The second kappa shape index (κ2) is 9.45. The van der Waals surface area contributed by atoms with Crippen molar-refractivity contribution in [2.75, 3.05) is 42.3 Å². The summed E-state index contributed by atoms with van der Waals surface area (Å²) >= 11 is 1.42. The Kier molecular flexibility index (Phi) is 6.50. The highest BCUT2D eigenvalue weighted by atomic mass is 32.2. The van der Waals surface area contributed by atoms with Gasteiger partial charge in [0.25, 0.3) is 0 Å². The lowest BCUT2D eigenvalue weighted by atomic mass is 10.0. The number of para-hydroxylation sites is 2. The van der Waals surface area contributed by atoms with Gasteiger partial charge in [-0.3, -0.25) is 4.79 Å². The first-order chi connectivity index (χ1) is 14.6. The number of nitrogens with zero attached hydrogens (tertiary/aromatic N) is 3. The van der Waals surface area contributed by atoms with Crippen LogP contribution >= 0.6 is 11.8 Å². The van der Waals surface area contributed by atoms with E-state index in [9.17, 15) is 4.79 Å². The van der Waals surface area contributed by atoms with Gasteiger partial charge in [0.2, 0.25) is 5.91 Å². The maximum Gasteiger partial charge on any atom is 0.234 e. The minimum Gasteiger partial charge on any atom is -0.378 e. The van der Waals surface area contributed by atoms with Crippen molar-refractivity contribution in [3.8, 4) is 0 Å². The standard InChI is InChI=1S/C23H26N4O2S/c1-16(2)17-7-9-18(10-8-17)24-21(28)15-30-23-22(27-11-13-29-14-12-27)25-19-5-3-4-6-20(19)26-23/h3-10,16H,11-15H2,1-2H3,(H,24,28). The van der Waals surface area contributed by atoms with Crippen LogP contribution in [0.25, 0.3) is 11.0 Å². The molecule has 7 heteroatoms. The van der Waals surface area contributed by atoms with Crippen LogP contribution in [0.15, 0.2) is 53.6 Å². The van der Waals surface area contributed by atoms with E-state index in [1.54, 1.807) is 0 Å². The van der Waals surface area contributed by atoms with Gasteiger partial charge >= 0.3 is 0 Å². The van der Waals surface area contributed by atoms with E-state index < -0.39 is 0 Å². The van der Waals surface area contributed by atoms with Gasteiger partial charge in [0.05, 0.1) is 30.0 Å². The zero-order valence-corrected chi connectivity index (χ0v) is 18.1. The average molecular weight is 423 g/mol. The molecular weight excluding hydrogens is 396 g/mol. The van der Waals surface area contributed by atoms with Gasteiger partial charge in [-0.15, -0.1) is 0 Å². The maximum atomic E-state index is 12.5. The van der Waals surface area contributed by atoms with E-state index in [2.05, 4.69) is 36.2 Å². The van der Waals surface area contributed by atoms with Crippen molar-refractivity contribution in [2.45, 2.75) is 24.8 Å². The van der Waals surface area contributed by atoms with E-state index in [1.807, 2.05) is 36.4 Å². The summed E-state index contributed by atoms with van der Waals surface area (Å²) in [6.45, 7) is 7.20. The van der Waals surface area contributed by atoms with Crippen LogP contribution in [0.3, 0.4) is 0 Å². The largest absolute Gasteiger partial charge is 0.378 e. The average Bonchev–Trinajstić information content (AvgIpc) is 2.78. The highest BCUT2D eigenvalue weighted by Crippen LogP contribution is 2.29. The number of hydrogen-bond donors (Lipinski definition) is 1. The fourth-order valence-electron chi connectivity index (χ4n) is 3.33. The molecule has 6 nitrogen and oxygen atoms in total. The predicted octanol–water partition coefficient (Wildman–Crippen LogP) is 4.32. The summed E-state index contributed by atoms with van der Waals surface area (Å²) in [5.41, 5.74) is 3.76. The molecule has 0 aliphatic carbocycles. The summed E-state index contributed by atoms with van der Waals surface area (Å²) in [6, 6.07) is 15.8. The zero-order chi connectivity index (χ0) is 20.9. The molecule has 1 aliphatic rings. The molecule has 0 saturated carbocycles. The van der Waals surface area contributed by atoms with Gasteiger partial charge in [-0.2, -0.15) is 0 Å². The third-order valence-corrected chi connectivity index (χ3v) is 5.99. The van der Waals surface area contributed by atoms with E-state index in [0.29, 0.717) is 19.1 Å². The minimum atomic E-state index is -0.0554. The van der Waals surface area contributed by atoms with Crippen molar-refractivity contribution in [3.05, 3.63) is 54.1 Å². The van der Waals surface area contributed by atoms with E-state index in [1.165, 1.54) is 17.3 Å². The minimum absolute atomic E-state index is 0.0554. The Morgan fingerprint density at radius 3 is 2.40 bits per heavy atom. The first kappa shape index (κ1) is 20.6. The van der Waals surface area contributed by atoms with Crippen molar-refractivity contribution < 1.29 is 9.53 Å². The van der Waals surface area contributed by atoms with E-state index in [4.69, 9.17) is 14.7 Å². The van der Waals surface area contributed by atoms with Crippen molar-refractivity contribution in [1.82, 2.24) is 9.97 Å². The molecule has 1 saturated heterocycles. The van der Waals surface area contributed by atoms with Crippen LogP contribution in [0.2, 0.25) is 0 Å². The predicted molar refractivity (Wildman–Crippen MR) is 122 cm³/mol. The number of fused-ring (bicyclic) bond motifs is 1. The number of amides is 1. The molecule has 1 amide bonds. The lowest BCUT2D eigenvalue weighted by Crippen LogP contribution is -2.37. The number of morpholine rings is 1. The number of thioether (sulfide) groups is 1. The van der Waals surface area contributed by atoms with Gasteiger partial charge in [0.15, 0.2) is 5.82 Å². The summed E-state index contributed by atoms with van der Waals surface area (Å²) < 4.78 is 5.48. The Morgan fingerprint density at radius 1 is 1.07 bits per heavy atom. The normalized spacial score (nSPS) is 14.3. The Hall–Kier alpha value is -2.64. The highest BCUT2D eigenvalue weighted by molar-refractivity contribution is 8.00. The topological polar surface area (TPSA) is 67.4 Å². The smallest absolute Gasteiger partial charge is 0.234 e. The van der Waals surface area contributed by atoms with Crippen LogP contribution in [0.4, 0.5) is 11.5 Å². The van der Waals surface area contributed by atoms with Gasteiger partial charge in [0, 0.05) is 18.8 Å². The van der Waals surface area contributed by atoms with Gasteiger partial charge in [-0.1, -0.05) is 49.9 Å². The SMILES string of the molecule is CC(C)c1ccc(NC(=O)CSc2nc3ccccc3nc2N2CCOCC2)cc1. The molecule has 1 aliphatic heterocycles. The molecular formula is C23H26N4O2S. The fourth-order valence-corrected chi connectivity index (χ4v) is 4.14. The van der Waals surface area contributed by atoms with Crippen molar-refractivity contribution in [3.63, 3.8) is 0 Å². The summed E-state index contributed by atoms with van der Waals surface area (Å²) in [6.07, 6.45) is 0. The lowest BCUT2D eigenvalue weighted by molar-refractivity contribution is -0.113. The van der Waals surface area contributed by atoms with Gasteiger partial charge < -0.3 is 15.0 Å². The van der Waals surface area contributed by atoms with Crippen molar-refractivity contribution in [1.29, 1.82) is 0 Å². The fraction of sp³-hybridized carbons (Fsp3) is 0.348. The number of anilines is 2.